The maximum atomic E-state index is 11.7. The first-order valence-electron chi connectivity index (χ1n) is 7.51. The molecule has 1 atom stereocenters. The first kappa shape index (κ1) is 18.8. The lowest BCUT2D eigenvalue weighted by atomic mass is 10.2. The summed E-state index contributed by atoms with van der Waals surface area (Å²) in [7, 11) is -3.25. The van der Waals surface area contributed by atoms with Crippen LogP contribution in [0.25, 0.3) is 0 Å². The monoisotopic (exact) mass is 365 g/mol. The summed E-state index contributed by atoms with van der Waals surface area (Å²) in [4.78, 5) is 21.0. The molecule has 25 heavy (non-hydrogen) atoms. The Hall–Kier alpha value is -2.50. The number of phenols is 1. The summed E-state index contributed by atoms with van der Waals surface area (Å²) in [6.07, 6.45) is -0.841. The topological polar surface area (TPSA) is 105 Å². The molecule has 134 valence electrons. The summed E-state index contributed by atoms with van der Waals surface area (Å²) in [5, 5.41) is 11.8. The van der Waals surface area contributed by atoms with Gasteiger partial charge in [-0.15, -0.1) is 0 Å². The Balaban J connectivity index is 1.79. The van der Waals surface area contributed by atoms with Crippen molar-refractivity contribution in [1.82, 2.24) is 5.32 Å². The van der Waals surface area contributed by atoms with E-state index < -0.39 is 13.5 Å². The van der Waals surface area contributed by atoms with Crippen molar-refractivity contribution in [2.24, 2.45) is 0 Å². The number of nitrogens with one attached hydrogen (secondary N) is 1. The number of amides is 1. The van der Waals surface area contributed by atoms with E-state index in [-0.39, 0.29) is 25.2 Å². The molecule has 0 bridgehead atoms. The smallest absolute Gasteiger partial charge is 0.407 e. The van der Waals surface area contributed by atoms with E-state index in [2.05, 4.69) is 5.32 Å². The van der Waals surface area contributed by atoms with E-state index in [1.54, 1.807) is 36.4 Å². The lowest BCUT2D eigenvalue weighted by Gasteiger charge is -2.11. The number of alkyl carbamates (subject to hydrolysis) is 1. The summed E-state index contributed by atoms with van der Waals surface area (Å²) < 4.78 is 21.6. The van der Waals surface area contributed by atoms with Crippen LogP contribution in [0.3, 0.4) is 0 Å². The minimum absolute atomic E-state index is 0.0948. The van der Waals surface area contributed by atoms with E-state index in [0.29, 0.717) is 5.75 Å². The number of benzene rings is 2. The molecule has 0 aromatic heterocycles. The largest absolute Gasteiger partial charge is 0.508 e. The molecule has 2 aromatic carbocycles. The number of phenolic OH excluding ortho intramolecular Hbond substituents is 1. The molecule has 1 unspecified atom stereocenters. The molecule has 0 saturated carbocycles. The van der Waals surface area contributed by atoms with Gasteiger partial charge < -0.3 is 24.8 Å². The van der Waals surface area contributed by atoms with Gasteiger partial charge in [0, 0.05) is 13.2 Å². The van der Waals surface area contributed by atoms with E-state index in [9.17, 15) is 19.4 Å². The van der Waals surface area contributed by atoms with Gasteiger partial charge in [0.05, 0.1) is 0 Å². The highest BCUT2D eigenvalue weighted by Gasteiger charge is 2.10. The van der Waals surface area contributed by atoms with Gasteiger partial charge in [0.15, 0.2) is 6.35 Å². The van der Waals surface area contributed by atoms with Gasteiger partial charge in [-0.2, -0.15) is 0 Å². The third-order valence-corrected chi connectivity index (χ3v) is 3.72. The average molecular weight is 365 g/mol. The summed E-state index contributed by atoms with van der Waals surface area (Å²) in [5.74, 6) is 0.601. The van der Waals surface area contributed by atoms with Crippen LogP contribution in [0, 0.1) is 0 Å². The molecule has 0 radical (unpaired) electrons. The maximum absolute atomic E-state index is 11.7. The molecule has 7 nitrogen and oxygen atoms in total. The number of hydrogen-bond donors (Lipinski definition) is 3. The average Bonchev–Trinajstić information content (AvgIpc) is 2.57. The zero-order valence-corrected chi connectivity index (χ0v) is 14.6. The molecule has 0 spiro atoms. The van der Waals surface area contributed by atoms with Crippen molar-refractivity contribution < 1.29 is 28.8 Å². The van der Waals surface area contributed by atoms with Crippen LogP contribution in [-0.4, -0.2) is 29.1 Å². The van der Waals surface area contributed by atoms with Crippen LogP contribution in [-0.2, 0) is 22.5 Å². The second-order valence-electron chi connectivity index (χ2n) is 5.57. The highest BCUT2D eigenvalue weighted by atomic mass is 31.2. The fraction of sp³-hybridized carbons (Fsp3) is 0.235. The zero-order valence-electron chi connectivity index (χ0n) is 13.7. The minimum atomic E-state index is -3.25. The molecule has 8 heteroatoms. The lowest BCUT2D eigenvalue weighted by molar-refractivity contribution is 0.139. The summed E-state index contributed by atoms with van der Waals surface area (Å²) in [6, 6.07) is 13.2. The Labute approximate surface area is 145 Å². The van der Waals surface area contributed by atoms with Crippen LogP contribution in [0.2, 0.25) is 0 Å². The molecule has 0 heterocycles. The standard InChI is InChI=1S/C17H20NO6P/c1-25(21,22)12-24-16-4-2-3-14(9-16)10-18-17(20)23-11-13-5-7-15(19)8-6-13/h2-9,19H,10-12H2,1H3,(H,18,20)(H,21,22). The zero-order chi connectivity index (χ0) is 18.3. The minimum Gasteiger partial charge on any atom is -0.508 e. The van der Waals surface area contributed by atoms with Crippen LogP contribution >= 0.6 is 7.37 Å². The fourth-order valence-electron chi connectivity index (χ4n) is 1.91. The molecule has 0 aliphatic carbocycles. The summed E-state index contributed by atoms with van der Waals surface area (Å²) in [6.45, 7) is 1.55. The Morgan fingerprint density at radius 1 is 1.16 bits per heavy atom. The van der Waals surface area contributed by atoms with Gasteiger partial charge in [0.2, 0.25) is 7.37 Å². The Bertz CT molecular complexity index is 756. The Morgan fingerprint density at radius 2 is 1.88 bits per heavy atom. The van der Waals surface area contributed by atoms with E-state index in [1.165, 1.54) is 18.8 Å². The maximum Gasteiger partial charge on any atom is 0.407 e. The number of rotatable bonds is 7. The number of ether oxygens (including phenoxy) is 2. The quantitative estimate of drug-likeness (QED) is 0.652. The van der Waals surface area contributed by atoms with Gasteiger partial charge in [-0.1, -0.05) is 24.3 Å². The number of carbonyl (C=O) groups excluding carboxylic acids is 1. The third kappa shape index (κ3) is 7.28. The third-order valence-electron chi connectivity index (χ3n) is 3.11. The normalized spacial score (nSPS) is 12.9. The number of carbonyl (C=O) groups is 1. The van der Waals surface area contributed by atoms with Crippen molar-refractivity contribution in [3.05, 3.63) is 59.7 Å². The first-order chi connectivity index (χ1) is 11.8. The SMILES string of the molecule is CP(=O)(O)COc1cccc(CNC(=O)OCc2ccc(O)cc2)c1. The molecule has 0 aliphatic heterocycles. The molecule has 0 aliphatic rings. The van der Waals surface area contributed by atoms with Gasteiger partial charge in [-0.05, 0) is 35.4 Å². The van der Waals surface area contributed by atoms with Gasteiger partial charge in [-0.3, -0.25) is 4.57 Å². The molecule has 2 aromatic rings. The second kappa shape index (κ2) is 8.55. The van der Waals surface area contributed by atoms with Gasteiger partial charge in [-0.25, -0.2) is 4.79 Å². The molecule has 3 N–H and O–H groups in total. The van der Waals surface area contributed by atoms with Crippen LogP contribution in [0.5, 0.6) is 11.5 Å². The van der Waals surface area contributed by atoms with Crippen LogP contribution in [0.4, 0.5) is 4.79 Å². The lowest BCUT2D eigenvalue weighted by Crippen LogP contribution is -2.23. The van der Waals surface area contributed by atoms with Gasteiger partial charge in [0.25, 0.3) is 0 Å². The number of aromatic hydroxyl groups is 1. The van der Waals surface area contributed by atoms with Crippen LogP contribution in [0.1, 0.15) is 11.1 Å². The molecule has 1 amide bonds. The fourth-order valence-corrected chi connectivity index (χ4v) is 2.29. The molecule has 2 rings (SSSR count). The molecular weight excluding hydrogens is 345 g/mol. The van der Waals surface area contributed by atoms with E-state index in [1.807, 2.05) is 0 Å². The Kier molecular flexibility index (Phi) is 6.44. The Morgan fingerprint density at radius 3 is 2.56 bits per heavy atom. The second-order valence-corrected chi connectivity index (χ2v) is 7.93. The highest BCUT2D eigenvalue weighted by molar-refractivity contribution is 7.56. The van der Waals surface area contributed by atoms with E-state index >= 15 is 0 Å². The van der Waals surface area contributed by atoms with Crippen molar-refractivity contribution in [2.75, 3.05) is 13.0 Å². The molecular formula is C17H20NO6P. The van der Waals surface area contributed by atoms with Crippen molar-refractivity contribution in [2.45, 2.75) is 13.2 Å². The number of hydrogen-bond acceptors (Lipinski definition) is 5. The summed E-state index contributed by atoms with van der Waals surface area (Å²) >= 11 is 0. The van der Waals surface area contributed by atoms with Crippen molar-refractivity contribution in [1.29, 1.82) is 0 Å². The first-order valence-corrected chi connectivity index (χ1v) is 9.80. The predicted octanol–water partition coefficient (Wildman–Crippen LogP) is 3.06. The van der Waals surface area contributed by atoms with Crippen LogP contribution in [0.15, 0.2) is 48.5 Å². The van der Waals surface area contributed by atoms with Gasteiger partial charge in [0.1, 0.15) is 18.1 Å². The van der Waals surface area contributed by atoms with Gasteiger partial charge >= 0.3 is 6.09 Å². The summed E-state index contributed by atoms with van der Waals surface area (Å²) in [5.41, 5.74) is 1.53. The van der Waals surface area contributed by atoms with Crippen molar-refractivity contribution >= 4 is 13.5 Å². The van der Waals surface area contributed by atoms with Crippen molar-refractivity contribution in [3.8, 4) is 11.5 Å². The molecule has 0 saturated heterocycles. The van der Waals surface area contributed by atoms with E-state index in [0.717, 1.165) is 11.1 Å². The molecule has 0 fully saturated rings. The van der Waals surface area contributed by atoms with Crippen molar-refractivity contribution in [3.63, 3.8) is 0 Å². The highest BCUT2D eigenvalue weighted by Crippen LogP contribution is 2.35. The predicted molar refractivity (Wildman–Crippen MR) is 92.8 cm³/mol. The van der Waals surface area contributed by atoms with E-state index in [4.69, 9.17) is 9.47 Å². The van der Waals surface area contributed by atoms with Crippen LogP contribution < -0.4 is 10.1 Å².